The van der Waals surface area contributed by atoms with Crippen LogP contribution < -0.4 is 0 Å². The number of rotatable bonds is 2. The summed E-state index contributed by atoms with van der Waals surface area (Å²) in [4.78, 5) is 11.3. The zero-order valence-corrected chi connectivity index (χ0v) is 10.7. The molecule has 0 heterocycles. The predicted molar refractivity (Wildman–Crippen MR) is 64.0 cm³/mol. The second-order valence-corrected chi connectivity index (χ2v) is 5.22. The van der Waals surface area contributed by atoms with Gasteiger partial charge in [0, 0.05) is 0 Å². The first-order chi connectivity index (χ1) is 6.90. The Morgan fingerprint density at radius 3 is 2.27 bits per heavy atom. The van der Waals surface area contributed by atoms with E-state index in [4.69, 9.17) is 4.74 Å². The Morgan fingerprint density at radius 2 is 1.80 bits per heavy atom. The molecule has 0 radical (unpaired) electrons. The summed E-state index contributed by atoms with van der Waals surface area (Å²) in [7, 11) is 0. The van der Waals surface area contributed by atoms with E-state index in [2.05, 4.69) is 15.9 Å². The third-order valence-electron chi connectivity index (χ3n) is 1.71. The van der Waals surface area contributed by atoms with E-state index in [0.29, 0.717) is 0 Å². The van der Waals surface area contributed by atoms with E-state index in [1.54, 1.807) is 0 Å². The Labute approximate surface area is 98.8 Å². The van der Waals surface area contributed by atoms with Crippen LogP contribution in [0.5, 0.6) is 0 Å². The number of alkyl halides is 1. The molecular weight excluding hydrogens is 256 g/mol. The lowest BCUT2D eigenvalue weighted by molar-refractivity contribution is -0.154. The average molecular weight is 271 g/mol. The fourth-order valence-electron chi connectivity index (χ4n) is 1.11. The molecular formula is C12H15BrO2. The van der Waals surface area contributed by atoms with Crippen molar-refractivity contribution >= 4 is 21.9 Å². The van der Waals surface area contributed by atoms with Crippen LogP contribution in [-0.2, 0) is 9.53 Å². The van der Waals surface area contributed by atoms with E-state index < -0.39 is 10.4 Å². The zero-order chi connectivity index (χ0) is 11.5. The van der Waals surface area contributed by atoms with Crippen LogP contribution in [0.25, 0.3) is 0 Å². The number of halogens is 1. The molecule has 0 N–H and O–H groups in total. The molecule has 2 nitrogen and oxygen atoms in total. The summed E-state index contributed by atoms with van der Waals surface area (Å²) in [5, 5.41) is 0. The summed E-state index contributed by atoms with van der Waals surface area (Å²) in [6.07, 6.45) is 0. The highest BCUT2D eigenvalue weighted by molar-refractivity contribution is 9.09. The summed E-state index contributed by atoms with van der Waals surface area (Å²) >= 11 is 3.33. The Bertz CT molecular complexity index is 327. The second-order valence-electron chi connectivity index (χ2n) is 4.31. The summed E-state index contributed by atoms with van der Waals surface area (Å²) in [5.74, 6) is -0.256. The van der Waals surface area contributed by atoms with E-state index >= 15 is 0 Å². The van der Waals surface area contributed by atoms with Crippen LogP contribution in [0, 0.1) is 0 Å². The Hall–Kier alpha value is -0.830. The van der Waals surface area contributed by atoms with Gasteiger partial charge >= 0.3 is 5.97 Å². The Morgan fingerprint density at radius 1 is 1.27 bits per heavy atom. The van der Waals surface area contributed by atoms with E-state index in [1.807, 2.05) is 51.1 Å². The summed E-state index contributed by atoms with van der Waals surface area (Å²) in [6, 6.07) is 9.49. The van der Waals surface area contributed by atoms with Crippen LogP contribution in [0.3, 0.4) is 0 Å². The molecule has 0 aliphatic carbocycles. The van der Waals surface area contributed by atoms with Gasteiger partial charge in [-0.3, -0.25) is 4.79 Å². The number of ether oxygens (including phenoxy) is 1. The van der Waals surface area contributed by atoms with Crippen molar-refractivity contribution in [2.75, 3.05) is 0 Å². The molecule has 82 valence electrons. The van der Waals surface area contributed by atoms with E-state index in [-0.39, 0.29) is 5.97 Å². The molecule has 1 aromatic carbocycles. The minimum atomic E-state index is -0.447. The molecule has 1 aromatic rings. The summed E-state index contributed by atoms with van der Waals surface area (Å²) in [5.41, 5.74) is 0.462. The van der Waals surface area contributed by atoms with E-state index in [1.165, 1.54) is 0 Å². The van der Waals surface area contributed by atoms with Crippen molar-refractivity contribution < 1.29 is 9.53 Å². The largest absolute Gasteiger partial charge is 0.459 e. The quantitative estimate of drug-likeness (QED) is 0.608. The molecule has 15 heavy (non-hydrogen) atoms. The van der Waals surface area contributed by atoms with Gasteiger partial charge in [-0.2, -0.15) is 0 Å². The maximum absolute atomic E-state index is 11.7. The highest BCUT2D eigenvalue weighted by Gasteiger charge is 2.23. The standard InChI is InChI=1S/C12H15BrO2/c1-12(2,3)15-11(14)10(13)9-7-5-4-6-8-9/h4-8,10H,1-3H3/t10-/m0/s1. The lowest BCUT2D eigenvalue weighted by Crippen LogP contribution is -2.25. The van der Waals surface area contributed by atoms with Crippen LogP contribution >= 0.6 is 15.9 Å². The average Bonchev–Trinajstić information content (AvgIpc) is 2.15. The van der Waals surface area contributed by atoms with Gasteiger partial charge in [-0.1, -0.05) is 46.3 Å². The second kappa shape index (κ2) is 4.79. The number of carbonyl (C=O) groups excluding carboxylic acids is 1. The van der Waals surface area contributed by atoms with Crippen molar-refractivity contribution in [2.24, 2.45) is 0 Å². The van der Waals surface area contributed by atoms with E-state index in [0.717, 1.165) is 5.56 Å². The lowest BCUT2D eigenvalue weighted by Gasteiger charge is -2.21. The van der Waals surface area contributed by atoms with Crippen molar-refractivity contribution in [3.8, 4) is 0 Å². The van der Waals surface area contributed by atoms with Gasteiger partial charge < -0.3 is 4.74 Å². The van der Waals surface area contributed by atoms with Gasteiger partial charge in [0.2, 0.25) is 0 Å². The number of benzene rings is 1. The highest BCUT2D eigenvalue weighted by Crippen LogP contribution is 2.25. The SMILES string of the molecule is CC(C)(C)OC(=O)[C@@H](Br)c1ccccc1. The van der Waals surface area contributed by atoms with Crippen molar-refractivity contribution in [3.05, 3.63) is 35.9 Å². The monoisotopic (exact) mass is 270 g/mol. The molecule has 0 fully saturated rings. The molecule has 0 bridgehead atoms. The first-order valence-corrected chi connectivity index (χ1v) is 5.73. The Balaban J connectivity index is 2.70. The normalized spacial score (nSPS) is 13.3. The van der Waals surface area contributed by atoms with Crippen LogP contribution in [-0.4, -0.2) is 11.6 Å². The molecule has 0 aliphatic rings. The van der Waals surface area contributed by atoms with Crippen molar-refractivity contribution in [2.45, 2.75) is 31.2 Å². The predicted octanol–water partition coefficient (Wildman–Crippen LogP) is 3.46. The fourth-order valence-corrected chi connectivity index (χ4v) is 1.51. The zero-order valence-electron chi connectivity index (χ0n) is 9.16. The fraction of sp³-hybridized carbons (Fsp3) is 0.417. The minimum Gasteiger partial charge on any atom is -0.459 e. The molecule has 0 amide bonds. The van der Waals surface area contributed by atoms with Crippen LogP contribution in [0.1, 0.15) is 31.2 Å². The lowest BCUT2D eigenvalue weighted by atomic mass is 10.1. The molecule has 0 unspecified atom stereocenters. The van der Waals surface area contributed by atoms with Crippen LogP contribution in [0.15, 0.2) is 30.3 Å². The molecule has 3 heteroatoms. The molecule has 1 rings (SSSR count). The maximum atomic E-state index is 11.7. The van der Waals surface area contributed by atoms with E-state index in [9.17, 15) is 4.79 Å². The molecule has 0 spiro atoms. The smallest absolute Gasteiger partial charge is 0.324 e. The molecule has 1 atom stereocenters. The van der Waals surface area contributed by atoms with Crippen molar-refractivity contribution in [1.29, 1.82) is 0 Å². The summed E-state index contributed by atoms with van der Waals surface area (Å²) < 4.78 is 5.27. The van der Waals surface area contributed by atoms with Gasteiger partial charge in [-0.25, -0.2) is 0 Å². The number of hydrogen-bond donors (Lipinski definition) is 0. The topological polar surface area (TPSA) is 26.3 Å². The van der Waals surface area contributed by atoms with Crippen molar-refractivity contribution in [3.63, 3.8) is 0 Å². The van der Waals surface area contributed by atoms with Crippen LogP contribution in [0.4, 0.5) is 0 Å². The molecule has 0 saturated carbocycles. The maximum Gasteiger partial charge on any atom is 0.324 e. The van der Waals surface area contributed by atoms with Gasteiger partial charge in [-0.05, 0) is 26.3 Å². The van der Waals surface area contributed by atoms with Gasteiger partial charge in [-0.15, -0.1) is 0 Å². The third kappa shape index (κ3) is 4.04. The van der Waals surface area contributed by atoms with Gasteiger partial charge in [0.1, 0.15) is 10.4 Å². The van der Waals surface area contributed by atoms with Gasteiger partial charge in [0.05, 0.1) is 0 Å². The number of carbonyl (C=O) groups is 1. The first kappa shape index (κ1) is 12.2. The van der Waals surface area contributed by atoms with Gasteiger partial charge in [0.25, 0.3) is 0 Å². The molecule has 0 saturated heterocycles. The molecule has 0 aromatic heterocycles. The first-order valence-electron chi connectivity index (χ1n) is 4.82. The van der Waals surface area contributed by atoms with Crippen LogP contribution in [0.2, 0.25) is 0 Å². The highest BCUT2D eigenvalue weighted by atomic mass is 79.9. The summed E-state index contributed by atoms with van der Waals surface area (Å²) in [6.45, 7) is 5.57. The molecule has 0 aliphatic heterocycles. The minimum absolute atomic E-state index is 0.256. The van der Waals surface area contributed by atoms with Gasteiger partial charge in [0.15, 0.2) is 0 Å². The third-order valence-corrected chi connectivity index (χ3v) is 2.61. The number of hydrogen-bond acceptors (Lipinski definition) is 2. The number of esters is 1. The Kier molecular flexibility index (Phi) is 3.91. The van der Waals surface area contributed by atoms with Crippen molar-refractivity contribution in [1.82, 2.24) is 0 Å².